The smallest absolute Gasteiger partial charge is 0.203 e. The predicted molar refractivity (Wildman–Crippen MR) is 80.8 cm³/mol. The molecule has 0 aliphatic heterocycles. The van der Waals surface area contributed by atoms with E-state index in [1.165, 1.54) is 0 Å². The Bertz CT molecular complexity index is 423. The summed E-state index contributed by atoms with van der Waals surface area (Å²) in [6.45, 7) is 5.09. The van der Waals surface area contributed by atoms with Crippen molar-refractivity contribution in [1.82, 2.24) is 5.32 Å². The van der Waals surface area contributed by atoms with Crippen molar-refractivity contribution >= 4 is 0 Å². The second kappa shape index (κ2) is 7.95. The summed E-state index contributed by atoms with van der Waals surface area (Å²) >= 11 is 0. The fourth-order valence-corrected chi connectivity index (χ4v) is 1.82. The van der Waals surface area contributed by atoms with Gasteiger partial charge in [-0.25, -0.2) is 0 Å². The number of benzene rings is 1. The highest BCUT2D eigenvalue weighted by Crippen LogP contribution is 2.40. The van der Waals surface area contributed by atoms with Crippen molar-refractivity contribution in [3.05, 3.63) is 12.1 Å². The zero-order chi connectivity index (χ0) is 15.9. The lowest BCUT2D eigenvalue weighted by molar-refractivity contribution is 0.0126. The molecule has 21 heavy (non-hydrogen) atoms. The van der Waals surface area contributed by atoms with Crippen LogP contribution in [0.4, 0.5) is 0 Å². The maximum absolute atomic E-state index is 10.2. The molecule has 0 spiro atoms. The molecule has 6 heteroatoms. The van der Waals surface area contributed by atoms with Gasteiger partial charge in [-0.3, -0.25) is 0 Å². The van der Waals surface area contributed by atoms with Crippen LogP contribution in [0.15, 0.2) is 12.1 Å². The Kier molecular flexibility index (Phi) is 6.58. The van der Waals surface area contributed by atoms with Gasteiger partial charge in [-0.1, -0.05) is 6.92 Å². The van der Waals surface area contributed by atoms with Gasteiger partial charge in [0.2, 0.25) is 5.75 Å². The minimum Gasteiger partial charge on any atom is -0.493 e. The number of nitrogens with one attached hydrogen (secondary N) is 1. The number of hydrogen-bond donors (Lipinski definition) is 2. The molecule has 0 radical (unpaired) electrons. The molecule has 0 saturated heterocycles. The van der Waals surface area contributed by atoms with E-state index in [4.69, 9.17) is 18.9 Å². The summed E-state index contributed by atoms with van der Waals surface area (Å²) in [6.07, 6.45) is 0. The van der Waals surface area contributed by atoms with Gasteiger partial charge < -0.3 is 29.4 Å². The molecular formula is C15H25NO5. The number of ether oxygens (including phenoxy) is 4. The molecule has 0 saturated carbocycles. The molecule has 0 aromatic heterocycles. The predicted octanol–water partition coefficient (Wildman–Crippen LogP) is 1.45. The minimum absolute atomic E-state index is 0.151. The Morgan fingerprint density at radius 3 is 2.10 bits per heavy atom. The second-order valence-corrected chi connectivity index (χ2v) is 4.93. The molecule has 0 bridgehead atoms. The third-order valence-electron chi connectivity index (χ3n) is 2.94. The summed E-state index contributed by atoms with van der Waals surface area (Å²) in [5.41, 5.74) is -0.962. The number of likely N-dealkylation sites (N-methyl/N-ethyl adjacent to an activating group) is 1. The first kappa shape index (κ1) is 17.4. The molecule has 0 fully saturated rings. The van der Waals surface area contributed by atoms with Crippen molar-refractivity contribution in [3.63, 3.8) is 0 Å². The van der Waals surface area contributed by atoms with Crippen molar-refractivity contribution in [1.29, 1.82) is 0 Å². The van der Waals surface area contributed by atoms with Gasteiger partial charge in [-0.05, 0) is 13.5 Å². The molecule has 0 aliphatic carbocycles. The molecule has 6 nitrogen and oxygen atoms in total. The monoisotopic (exact) mass is 299 g/mol. The van der Waals surface area contributed by atoms with Crippen LogP contribution in [0.1, 0.15) is 13.8 Å². The van der Waals surface area contributed by atoms with Crippen molar-refractivity contribution < 1.29 is 24.1 Å². The molecule has 2 N–H and O–H groups in total. The molecule has 0 heterocycles. The Labute approximate surface area is 126 Å². The van der Waals surface area contributed by atoms with E-state index in [1.807, 2.05) is 6.92 Å². The fraction of sp³-hybridized carbons (Fsp3) is 0.600. The topological polar surface area (TPSA) is 69.2 Å². The Balaban J connectivity index is 2.84. The van der Waals surface area contributed by atoms with E-state index < -0.39 is 5.60 Å². The van der Waals surface area contributed by atoms with E-state index >= 15 is 0 Å². The molecule has 1 rings (SSSR count). The van der Waals surface area contributed by atoms with E-state index in [9.17, 15) is 5.11 Å². The molecule has 0 aliphatic rings. The minimum atomic E-state index is -0.962. The third-order valence-corrected chi connectivity index (χ3v) is 2.94. The largest absolute Gasteiger partial charge is 0.493 e. The van der Waals surface area contributed by atoms with Gasteiger partial charge in [-0.15, -0.1) is 0 Å². The highest BCUT2D eigenvalue weighted by molar-refractivity contribution is 5.55. The molecule has 1 atom stereocenters. The van der Waals surface area contributed by atoms with Gasteiger partial charge in [0.1, 0.15) is 18.0 Å². The van der Waals surface area contributed by atoms with Crippen LogP contribution in [-0.2, 0) is 0 Å². The van der Waals surface area contributed by atoms with Crippen LogP contribution in [0.5, 0.6) is 23.0 Å². The Morgan fingerprint density at radius 1 is 1.10 bits per heavy atom. The third kappa shape index (κ3) is 4.99. The van der Waals surface area contributed by atoms with Crippen molar-refractivity contribution in [2.45, 2.75) is 19.4 Å². The molecule has 1 unspecified atom stereocenters. The maximum atomic E-state index is 10.2. The van der Waals surface area contributed by atoms with Crippen LogP contribution in [0, 0.1) is 0 Å². The van der Waals surface area contributed by atoms with Gasteiger partial charge in [-0.2, -0.15) is 0 Å². The first-order valence-corrected chi connectivity index (χ1v) is 6.83. The van der Waals surface area contributed by atoms with E-state index in [-0.39, 0.29) is 6.61 Å². The maximum Gasteiger partial charge on any atom is 0.203 e. The normalized spacial score (nSPS) is 13.4. The molecule has 1 aromatic carbocycles. The average molecular weight is 299 g/mol. The summed E-state index contributed by atoms with van der Waals surface area (Å²) in [5, 5.41) is 13.3. The Hall–Kier alpha value is -1.66. The van der Waals surface area contributed by atoms with Gasteiger partial charge in [0.25, 0.3) is 0 Å². The van der Waals surface area contributed by atoms with Gasteiger partial charge in [0.15, 0.2) is 11.5 Å². The van der Waals surface area contributed by atoms with Crippen molar-refractivity contribution in [2.24, 2.45) is 0 Å². The lowest BCUT2D eigenvalue weighted by Crippen LogP contribution is -2.42. The van der Waals surface area contributed by atoms with Crippen LogP contribution in [0.2, 0.25) is 0 Å². The zero-order valence-electron chi connectivity index (χ0n) is 13.4. The van der Waals surface area contributed by atoms with Gasteiger partial charge >= 0.3 is 0 Å². The highest BCUT2D eigenvalue weighted by atomic mass is 16.5. The number of methoxy groups -OCH3 is 3. The average Bonchev–Trinajstić information content (AvgIpc) is 2.49. The quantitative estimate of drug-likeness (QED) is 0.719. The van der Waals surface area contributed by atoms with Gasteiger partial charge in [0, 0.05) is 18.7 Å². The first-order chi connectivity index (χ1) is 9.97. The molecule has 120 valence electrons. The Morgan fingerprint density at radius 2 is 1.67 bits per heavy atom. The van der Waals surface area contributed by atoms with Crippen LogP contribution in [0.3, 0.4) is 0 Å². The lowest BCUT2D eigenvalue weighted by Gasteiger charge is -2.24. The first-order valence-electron chi connectivity index (χ1n) is 6.83. The molecule has 1 aromatic rings. The molecule has 0 amide bonds. The van der Waals surface area contributed by atoms with E-state index in [1.54, 1.807) is 40.4 Å². The van der Waals surface area contributed by atoms with Crippen LogP contribution < -0.4 is 24.3 Å². The van der Waals surface area contributed by atoms with Crippen LogP contribution in [-0.4, -0.2) is 51.7 Å². The van der Waals surface area contributed by atoms with E-state index in [0.29, 0.717) is 29.5 Å². The lowest BCUT2D eigenvalue weighted by atomic mass is 10.1. The van der Waals surface area contributed by atoms with Crippen molar-refractivity contribution in [2.75, 3.05) is 41.0 Å². The highest BCUT2D eigenvalue weighted by Gasteiger charge is 2.22. The summed E-state index contributed by atoms with van der Waals surface area (Å²) in [5.74, 6) is 2.07. The summed E-state index contributed by atoms with van der Waals surface area (Å²) in [4.78, 5) is 0. The van der Waals surface area contributed by atoms with Crippen molar-refractivity contribution in [3.8, 4) is 23.0 Å². The van der Waals surface area contributed by atoms with Gasteiger partial charge in [0.05, 0.1) is 21.3 Å². The van der Waals surface area contributed by atoms with E-state index in [2.05, 4.69) is 5.32 Å². The second-order valence-electron chi connectivity index (χ2n) is 4.93. The summed E-state index contributed by atoms with van der Waals surface area (Å²) in [7, 11) is 4.63. The fourth-order valence-electron chi connectivity index (χ4n) is 1.82. The number of rotatable bonds is 9. The van der Waals surface area contributed by atoms with Crippen LogP contribution in [0.25, 0.3) is 0 Å². The van der Waals surface area contributed by atoms with E-state index in [0.717, 1.165) is 6.54 Å². The molecular weight excluding hydrogens is 274 g/mol. The number of hydrogen-bond acceptors (Lipinski definition) is 6. The number of aliphatic hydroxyl groups is 1. The zero-order valence-corrected chi connectivity index (χ0v) is 13.4. The van der Waals surface area contributed by atoms with Crippen LogP contribution >= 0.6 is 0 Å². The SMILES string of the molecule is CCNCC(C)(O)COc1cc(OC)c(OC)c(OC)c1. The standard InChI is InChI=1S/C15H25NO5/c1-6-16-9-15(2,17)10-21-11-7-12(18-3)14(20-5)13(8-11)19-4/h7-8,16-17H,6,9-10H2,1-5H3. The summed E-state index contributed by atoms with van der Waals surface area (Å²) in [6, 6.07) is 3.40. The summed E-state index contributed by atoms with van der Waals surface area (Å²) < 4.78 is 21.4.